The summed E-state index contributed by atoms with van der Waals surface area (Å²) in [4.78, 5) is 12.0. The Bertz CT molecular complexity index is 756. The van der Waals surface area contributed by atoms with Gasteiger partial charge in [-0.3, -0.25) is 4.79 Å². The van der Waals surface area contributed by atoms with Gasteiger partial charge in [0.15, 0.2) is 0 Å². The van der Waals surface area contributed by atoms with Crippen molar-refractivity contribution in [2.45, 2.75) is 46.5 Å². The van der Waals surface area contributed by atoms with Gasteiger partial charge in [0.2, 0.25) is 5.91 Å². The number of phenols is 1. The highest BCUT2D eigenvalue weighted by Gasteiger charge is 2.11. The van der Waals surface area contributed by atoms with E-state index < -0.39 is 0 Å². The van der Waals surface area contributed by atoms with Gasteiger partial charge in [-0.2, -0.15) is 0 Å². The summed E-state index contributed by atoms with van der Waals surface area (Å²) in [6.07, 6.45) is 2.96. The predicted octanol–water partition coefficient (Wildman–Crippen LogP) is 4.53. The lowest BCUT2D eigenvalue weighted by Crippen LogP contribution is -2.27. The molecular formula is C23H31NO4. The monoisotopic (exact) mass is 385 g/mol. The molecule has 0 unspecified atom stereocenters. The number of aryl methyl sites for hydroxylation is 3. The number of hydrogen-bond acceptors (Lipinski definition) is 4. The number of phenolic OH excluding ortho intramolecular Hbond substituents is 1. The third-order valence-electron chi connectivity index (χ3n) is 4.41. The largest absolute Gasteiger partial charge is 0.508 e. The van der Waals surface area contributed by atoms with E-state index in [-0.39, 0.29) is 11.7 Å². The van der Waals surface area contributed by atoms with Gasteiger partial charge in [-0.05, 0) is 67.1 Å². The first kappa shape index (κ1) is 21.8. The quantitative estimate of drug-likeness (QED) is 0.558. The van der Waals surface area contributed by atoms with E-state index in [9.17, 15) is 9.90 Å². The number of amides is 1. The minimum Gasteiger partial charge on any atom is -0.508 e. The number of nitrogens with one attached hydrogen (secondary N) is 1. The number of rotatable bonds is 11. The van der Waals surface area contributed by atoms with Crippen molar-refractivity contribution in [2.75, 3.05) is 19.8 Å². The van der Waals surface area contributed by atoms with Gasteiger partial charge in [0.25, 0.3) is 0 Å². The predicted molar refractivity (Wildman–Crippen MR) is 111 cm³/mol. The molecule has 0 aliphatic rings. The lowest BCUT2D eigenvalue weighted by atomic mass is 10.00. The zero-order valence-electron chi connectivity index (χ0n) is 17.1. The number of hydrogen-bond donors (Lipinski definition) is 2. The molecule has 0 saturated carbocycles. The van der Waals surface area contributed by atoms with Gasteiger partial charge in [0.05, 0.1) is 6.61 Å². The van der Waals surface area contributed by atoms with Crippen molar-refractivity contribution in [3.05, 3.63) is 53.1 Å². The van der Waals surface area contributed by atoms with Gasteiger partial charge >= 0.3 is 0 Å². The molecule has 2 rings (SSSR count). The summed E-state index contributed by atoms with van der Waals surface area (Å²) in [5.74, 6) is 1.79. The Morgan fingerprint density at radius 1 is 1.11 bits per heavy atom. The van der Waals surface area contributed by atoms with E-state index >= 15 is 0 Å². The molecule has 0 heterocycles. The molecule has 0 aliphatic heterocycles. The topological polar surface area (TPSA) is 67.8 Å². The zero-order valence-corrected chi connectivity index (χ0v) is 17.1. The first-order valence-electron chi connectivity index (χ1n) is 9.97. The van der Waals surface area contributed by atoms with E-state index in [4.69, 9.17) is 9.47 Å². The molecule has 0 bridgehead atoms. The maximum atomic E-state index is 12.0. The second kappa shape index (κ2) is 11.3. The van der Waals surface area contributed by atoms with Gasteiger partial charge in [-0.25, -0.2) is 0 Å². The number of carbonyl (C=O) groups is 1. The van der Waals surface area contributed by atoms with Crippen LogP contribution in [0.3, 0.4) is 0 Å². The summed E-state index contributed by atoms with van der Waals surface area (Å²) >= 11 is 0. The first-order chi connectivity index (χ1) is 13.5. The highest BCUT2D eigenvalue weighted by molar-refractivity contribution is 5.76. The molecule has 0 radical (unpaired) electrons. The molecule has 152 valence electrons. The van der Waals surface area contributed by atoms with Crippen LogP contribution in [0.2, 0.25) is 0 Å². The van der Waals surface area contributed by atoms with Crippen LogP contribution < -0.4 is 10.1 Å². The van der Waals surface area contributed by atoms with Crippen LogP contribution in [0.15, 0.2) is 36.4 Å². The second-order valence-electron chi connectivity index (χ2n) is 6.81. The van der Waals surface area contributed by atoms with Crippen molar-refractivity contribution in [1.82, 2.24) is 5.32 Å². The van der Waals surface area contributed by atoms with Crippen molar-refractivity contribution in [3.8, 4) is 17.2 Å². The molecule has 5 nitrogen and oxygen atoms in total. The van der Waals surface area contributed by atoms with Crippen LogP contribution in [0, 0.1) is 6.92 Å². The lowest BCUT2D eigenvalue weighted by molar-refractivity contribution is -0.121. The van der Waals surface area contributed by atoms with Crippen LogP contribution in [0.5, 0.6) is 17.2 Å². The van der Waals surface area contributed by atoms with E-state index in [1.165, 1.54) is 0 Å². The molecule has 0 atom stereocenters. The second-order valence-corrected chi connectivity index (χ2v) is 6.81. The van der Waals surface area contributed by atoms with Crippen LogP contribution in [0.1, 0.15) is 43.4 Å². The Morgan fingerprint density at radius 2 is 1.86 bits per heavy atom. The van der Waals surface area contributed by atoms with Gasteiger partial charge in [0, 0.05) is 19.6 Å². The van der Waals surface area contributed by atoms with E-state index in [2.05, 4.69) is 31.3 Å². The molecular weight excluding hydrogens is 354 g/mol. The fourth-order valence-corrected chi connectivity index (χ4v) is 2.97. The molecule has 5 heteroatoms. The average molecular weight is 386 g/mol. The van der Waals surface area contributed by atoms with Crippen LogP contribution in [0.25, 0.3) is 0 Å². The highest BCUT2D eigenvalue weighted by atomic mass is 16.5. The smallest absolute Gasteiger partial charge is 0.220 e. The van der Waals surface area contributed by atoms with Gasteiger partial charge in [-0.1, -0.05) is 26.0 Å². The minimum atomic E-state index is 0.0419. The van der Waals surface area contributed by atoms with E-state index in [0.717, 1.165) is 41.9 Å². The Kier molecular flexibility index (Phi) is 8.82. The summed E-state index contributed by atoms with van der Waals surface area (Å²) < 4.78 is 11.4. The Morgan fingerprint density at radius 3 is 2.54 bits per heavy atom. The van der Waals surface area contributed by atoms with Crippen molar-refractivity contribution in [3.63, 3.8) is 0 Å². The molecule has 0 aromatic heterocycles. The van der Waals surface area contributed by atoms with Crippen LogP contribution in [-0.4, -0.2) is 30.8 Å². The number of aromatic hydroxyl groups is 1. The summed E-state index contributed by atoms with van der Waals surface area (Å²) in [7, 11) is 0. The zero-order chi connectivity index (χ0) is 20.4. The first-order valence-corrected chi connectivity index (χ1v) is 9.97. The molecule has 0 spiro atoms. The fourth-order valence-electron chi connectivity index (χ4n) is 2.97. The van der Waals surface area contributed by atoms with Crippen molar-refractivity contribution in [2.24, 2.45) is 0 Å². The van der Waals surface area contributed by atoms with Crippen LogP contribution >= 0.6 is 0 Å². The number of carbonyl (C=O) groups excluding carboxylic acids is 1. The van der Waals surface area contributed by atoms with Crippen LogP contribution in [-0.2, 0) is 22.4 Å². The summed E-state index contributed by atoms with van der Waals surface area (Å²) in [5, 5.41) is 12.3. The summed E-state index contributed by atoms with van der Waals surface area (Å²) in [6.45, 7) is 8.01. The molecule has 0 aliphatic carbocycles. The van der Waals surface area contributed by atoms with Gasteiger partial charge in [-0.15, -0.1) is 0 Å². The molecule has 0 fully saturated rings. The standard InChI is InChI=1S/C23H31NO4/c1-4-13-27-14-12-24-22(26)11-6-18-15-17(3)23(19(5-2)16-18)28-21-9-7-20(25)8-10-21/h7-10,15-16,25H,4-6,11-14H2,1-3H3,(H,24,26). The Balaban J connectivity index is 1.94. The molecule has 2 aromatic carbocycles. The van der Waals surface area contributed by atoms with Gasteiger partial charge in [0.1, 0.15) is 17.2 Å². The Labute approximate surface area is 167 Å². The maximum Gasteiger partial charge on any atom is 0.220 e. The molecule has 28 heavy (non-hydrogen) atoms. The van der Waals surface area contributed by atoms with E-state index in [1.54, 1.807) is 24.3 Å². The van der Waals surface area contributed by atoms with Crippen LogP contribution in [0.4, 0.5) is 0 Å². The molecule has 2 aromatic rings. The molecule has 2 N–H and O–H groups in total. The number of benzene rings is 2. The highest BCUT2D eigenvalue weighted by Crippen LogP contribution is 2.31. The summed E-state index contributed by atoms with van der Waals surface area (Å²) in [5.41, 5.74) is 3.28. The summed E-state index contributed by atoms with van der Waals surface area (Å²) in [6, 6.07) is 10.9. The van der Waals surface area contributed by atoms with Crippen molar-refractivity contribution < 1.29 is 19.4 Å². The SMILES string of the molecule is CCCOCCNC(=O)CCc1cc(C)c(Oc2ccc(O)cc2)c(CC)c1. The minimum absolute atomic E-state index is 0.0419. The number of ether oxygens (including phenoxy) is 2. The lowest BCUT2D eigenvalue weighted by Gasteiger charge is -2.15. The Hall–Kier alpha value is -2.53. The third kappa shape index (κ3) is 6.89. The third-order valence-corrected chi connectivity index (χ3v) is 4.41. The average Bonchev–Trinajstić information content (AvgIpc) is 2.69. The normalized spacial score (nSPS) is 10.7. The van der Waals surface area contributed by atoms with Crippen molar-refractivity contribution >= 4 is 5.91 Å². The van der Waals surface area contributed by atoms with Gasteiger partial charge < -0.3 is 19.9 Å². The molecule has 1 amide bonds. The van der Waals surface area contributed by atoms with E-state index in [0.29, 0.717) is 31.7 Å². The van der Waals surface area contributed by atoms with Crippen molar-refractivity contribution in [1.29, 1.82) is 0 Å². The fraction of sp³-hybridized carbons (Fsp3) is 0.435. The maximum absolute atomic E-state index is 12.0. The molecule has 0 saturated heterocycles. The van der Waals surface area contributed by atoms with E-state index in [1.807, 2.05) is 6.92 Å².